The van der Waals surface area contributed by atoms with Crippen LogP contribution in [0.4, 0.5) is 13.2 Å². The highest BCUT2D eigenvalue weighted by molar-refractivity contribution is 6.28. The summed E-state index contributed by atoms with van der Waals surface area (Å²) in [6, 6.07) is 4.11. The highest BCUT2D eigenvalue weighted by Gasteiger charge is 2.24. The number of nitrogens with zero attached hydrogens (tertiary/aromatic N) is 3. The summed E-state index contributed by atoms with van der Waals surface area (Å²) in [5.41, 5.74) is -0.951. The summed E-state index contributed by atoms with van der Waals surface area (Å²) in [6.45, 7) is 4.40. The lowest BCUT2D eigenvalue weighted by molar-refractivity contribution is 0.223. The van der Waals surface area contributed by atoms with Gasteiger partial charge >= 0.3 is 0 Å². The van der Waals surface area contributed by atoms with Gasteiger partial charge in [-0.2, -0.15) is 0 Å². The molecule has 1 aromatic carbocycles. The Morgan fingerprint density at radius 2 is 1.75 bits per heavy atom. The molecule has 0 unspecified atom stereocenters. The molecule has 124 valence electrons. The molecule has 2 heterocycles. The maximum atomic E-state index is 14.6. The first-order valence-corrected chi connectivity index (χ1v) is 7.53. The minimum atomic E-state index is -1.72. The smallest absolute Gasteiger partial charge is 0.223 e. The van der Waals surface area contributed by atoms with E-state index in [1.165, 1.54) is 19.9 Å². The molecule has 3 aromatic rings. The topological polar surface area (TPSA) is 38.7 Å². The van der Waals surface area contributed by atoms with Crippen molar-refractivity contribution in [2.45, 2.75) is 26.4 Å². The van der Waals surface area contributed by atoms with E-state index in [4.69, 9.17) is 11.6 Å². The van der Waals surface area contributed by atoms with Crippen LogP contribution in [0.5, 0.6) is 0 Å². The summed E-state index contributed by atoms with van der Waals surface area (Å²) in [6.07, 6.45) is 0.903. The molecular formula is C17H13ClF3N3. The van der Waals surface area contributed by atoms with Gasteiger partial charge in [-0.1, -0.05) is 0 Å². The molecule has 7 heteroatoms. The highest BCUT2D eigenvalue weighted by atomic mass is 35.5. The van der Waals surface area contributed by atoms with E-state index in [1.54, 1.807) is 13.0 Å². The number of benzene rings is 1. The highest BCUT2D eigenvalue weighted by Crippen LogP contribution is 2.35. The van der Waals surface area contributed by atoms with E-state index in [0.717, 1.165) is 12.3 Å². The lowest BCUT2D eigenvalue weighted by Crippen LogP contribution is -2.11. The Bertz CT molecular complexity index is 952. The summed E-state index contributed by atoms with van der Waals surface area (Å²) in [5, 5.41) is 0.0946. The first-order chi connectivity index (χ1) is 11.2. The predicted molar refractivity (Wildman–Crippen MR) is 86.6 cm³/mol. The van der Waals surface area contributed by atoms with E-state index < -0.39 is 17.3 Å². The fourth-order valence-electron chi connectivity index (χ4n) is 2.59. The van der Waals surface area contributed by atoms with Gasteiger partial charge in [-0.05, 0) is 56.1 Å². The molecule has 0 bridgehead atoms. The Morgan fingerprint density at radius 1 is 1.04 bits per heavy atom. The number of aromatic nitrogens is 3. The van der Waals surface area contributed by atoms with Gasteiger partial charge in [0.25, 0.3) is 0 Å². The van der Waals surface area contributed by atoms with E-state index in [0.29, 0.717) is 5.69 Å². The second-order valence-corrected chi connectivity index (χ2v) is 6.31. The molecule has 0 radical (unpaired) electrons. The van der Waals surface area contributed by atoms with Crippen LogP contribution < -0.4 is 0 Å². The van der Waals surface area contributed by atoms with Crippen LogP contribution in [0.1, 0.15) is 25.1 Å². The molecule has 0 N–H and O–H groups in total. The van der Waals surface area contributed by atoms with Crippen molar-refractivity contribution in [3.8, 4) is 11.3 Å². The number of hydrogen-bond donors (Lipinski definition) is 0. The van der Waals surface area contributed by atoms with Gasteiger partial charge in [0.2, 0.25) is 5.28 Å². The molecule has 0 amide bonds. The van der Waals surface area contributed by atoms with Crippen LogP contribution in [0.15, 0.2) is 24.4 Å². The van der Waals surface area contributed by atoms with Crippen LogP contribution in [0.3, 0.4) is 0 Å². The first kappa shape index (κ1) is 16.6. The largest absolute Gasteiger partial charge is 0.250 e. The van der Waals surface area contributed by atoms with Gasteiger partial charge in [0, 0.05) is 16.6 Å². The summed E-state index contributed by atoms with van der Waals surface area (Å²) in [4.78, 5) is 11.5. The van der Waals surface area contributed by atoms with Crippen LogP contribution in [0.25, 0.3) is 22.2 Å². The van der Waals surface area contributed by atoms with E-state index in [9.17, 15) is 13.2 Å². The standard InChI is InChI=1S/C17H13ClF3N3/c1-8-4-11(17(2,3)21)10-5-9(6-12(19)15(10)23-8)14-13(20)7-22-16(18)24-14/h4-7H,1-3H3. The van der Waals surface area contributed by atoms with Gasteiger partial charge in [0.15, 0.2) is 5.82 Å². The van der Waals surface area contributed by atoms with Crippen LogP contribution in [0, 0.1) is 18.6 Å². The minimum Gasteiger partial charge on any atom is -0.250 e. The second-order valence-electron chi connectivity index (χ2n) is 5.97. The molecule has 24 heavy (non-hydrogen) atoms. The van der Waals surface area contributed by atoms with E-state index in [1.807, 2.05) is 0 Å². The molecular weight excluding hydrogens is 339 g/mol. The number of halogens is 4. The average molecular weight is 352 g/mol. The van der Waals surface area contributed by atoms with Crippen molar-refractivity contribution < 1.29 is 13.2 Å². The lowest BCUT2D eigenvalue weighted by Gasteiger charge is -2.19. The molecule has 0 saturated heterocycles. The number of alkyl halides is 1. The molecule has 0 atom stereocenters. The van der Waals surface area contributed by atoms with Gasteiger partial charge in [0.1, 0.15) is 22.7 Å². The van der Waals surface area contributed by atoms with E-state index >= 15 is 0 Å². The monoisotopic (exact) mass is 351 g/mol. The molecule has 2 aromatic heterocycles. The fraction of sp³-hybridized carbons (Fsp3) is 0.235. The van der Waals surface area contributed by atoms with Crippen molar-refractivity contribution in [1.29, 1.82) is 0 Å². The third-order valence-corrected chi connectivity index (χ3v) is 3.81. The first-order valence-electron chi connectivity index (χ1n) is 7.15. The molecule has 0 saturated carbocycles. The van der Waals surface area contributed by atoms with Gasteiger partial charge in [-0.3, -0.25) is 4.98 Å². The molecule has 3 nitrogen and oxygen atoms in total. The van der Waals surface area contributed by atoms with Crippen LogP contribution >= 0.6 is 11.6 Å². The van der Waals surface area contributed by atoms with Crippen molar-refractivity contribution in [3.05, 3.63) is 52.6 Å². The van der Waals surface area contributed by atoms with Crippen molar-refractivity contribution in [1.82, 2.24) is 15.0 Å². The summed E-state index contributed by atoms with van der Waals surface area (Å²) in [5.74, 6) is -1.44. The Labute approximate surface area is 141 Å². The molecule has 0 fully saturated rings. The van der Waals surface area contributed by atoms with Gasteiger partial charge in [-0.15, -0.1) is 0 Å². The van der Waals surface area contributed by atoms with Gasteiger partial charge in [-0.25, -0.2) is 23.1 Å². The third-order valence-electron chi connectivity index (χ3n) is 3.62. The number of fused-ring (bicyclic) bond motifs is 1. The van der Waals surface area contributed by atoms with E-state index in [-0.39, 0.29) is 33.0 Å². The van der Waals surface area contributed by atoms with Crippen LogP contribution in [0.2, 0.25) is 5.28 Å². The van der Waals surface area contributed by atoms with Gasteiger partial charge < -0.3 is 0 Å². The molecule has 0 aliphatic carbocycles. The minimum absolute atomic E-state index is 0.0278. The maximum Gasteiger partial charge on any atom is 0.223 e. The van der Waals surface area contributed by atoms with Crippen molar-refractivity contribution in [3.63, 3.8) is 0 Å². The normalized spacial score (nSPS) is 12.0. The van der Waals surface area contributed by atoms with E-state index in [2.05, 4.69) is 15.0 Å². The zero-order valence-corrected chi connectivity index (χ0v) is 13.9. The Kier molecular flexibility index (Phi) is 3.95. The predicted octanol–water partition coefficient (Wildman–Crippen LogP) is 5.14. The number of pyridine rings is 1. The summed E-state index contributed by atoms with van der Waals surface area (Å²) >= 11 is 5.69. The molecule has 0 spiro atoms. The quantitative estimate of drug-likeness (QED) is 0.600. The lowest BCUT2D eigenvalue weighted by atomic mass is 9.93. The summed E-state index contributed by atoms with van der Waals surface area (Å²) < 4.78 is 43.1. The Morgan fingerprint density at radius 3 is 2.42 bits per heavy atom. The molecule has 0 aliphatic heterocycles. The average Bonchev–Trinajstić information content (AvgIpc) is 2.48. The fourth-order valence-corrected chi connectivity index (χ4v) is 2.72. The van der Waals surface area contributed by atoms with Crippen molar-refractivity contribution in [2.24, 2.45) is 0 Å². The molecule has 0 aliphatic rings. The van der Waals surface area contributed by atoms with Crippen molar-refractivity contribution in [2.75, 3.05) is 0 Å². The molecule has 3 rings (SSSR count). The zero-order chi connectivity index (χ0) is 17.6. The van der Waals surface area contributed by atoms with Crippen LogP contribution in [-0.2, 0) is 5.67 Å². The Balaban J connectivity index is 2.38. The van der Waals surface area contributed by atoms with Crippen molar-refractivity contribution >= 4 is 22.5 Å². The SMILES string of the molecule is Cc1cc(C(C)(C)F)c2cc(-c3nc(Cl)ncc3F)cc(F)c2n1. The summed E-state index contributed by atoms with van der Waals surface area (Å²) in [7, 11) is 0. The van der Waals surface area contributed by atoms with Gasteiger partial charge in [0.05, 0.1) is 6.20 Å². The third kappa shape index (κ3) is 2.94. The second kappa shape index (κ2) is 5.70. The number of rotatable bonds is 2. The zero-order valence-electron chi connectivity index (χ0n) is 13.2. The maximum absolute atomic E-state index is 14.6. The number of hydrogen-bond acceptors (Lipinski definition) is 3. The van der Waals surface area contributed by atoms with Crippen LogP contribution in [-0.4, -0.2) is 15.0 Å². The number of aryl methyl sites for hydroxylation is 1. The Hall–Kier alpha value is -2.21.